The van der Waals surface area contributed by atoms with Crippen LogP contribution in [0.25, 0.3) is 0 Å². The van der Waals surface area contributed by atoms with Gasteiger partial charge in [0.25, 0.3) is 0 Å². The quantitative estimate of drug-likeness (QED) is 0.596. The van der Waals surface area contributed by atoms with Gasteiger partial charge in [-0.1, -0.05) is 39.8 Å². The topological polar surface area (TPSA) is 6.48 Å². The van der Waals surface area contributed by atoms with Crippen LogP contribution < -0.4 is 0 Å². The van der Waals surface area contributed by atoms with Crippen molar-refractivity contribution in [2.24, 2.45) is 0 Å². The molecule has 0 aliphatic heterocycles. The highest BCUT2D eigenvalue weighted by molar-refractivity contribution is 5.85. The summed E-state index contributed by atoms with van der Waals surface area (Å²) in [6, 6.07) is 0. The maximum absolute atomic E-state index is 2.42. The highest BCUT2D eigenvalue weighted by Gasteiger charge is 1.95. The number of hydrogen-bond donors (Lipinski definition) is 0. The van der Waals surface area contributed by atoms with Crippen LogP contribution in [0.1, 0.15) is 27.7 Å². The molecule has 0 aromatic rings. The molecule has 0 aromatic carbocycles. The zero-order valence-electron chi connectivity index (χ0n) is 10.7. The summed E-state index contributed by atoms with van der Waals surface area (Å²) in [6.45, 7) is 15.6. The van der Waals surface area contributed by atoms with Crippen molar-refractivity contribution < 1.29 is 0 Å². The molecule has 15 heavy (non-hydrogen) atoms. The van der Waals surface area contributed by atoms with Crippen LogP contribution in [-0.4, -0.2) is 49.1 Å². The summed E-state index contributed by atoms with van der Waals surface area (Å²) in [4.78, 5) is 4.83. The molecule has 0 aliphatic carbocycles. The van der Waals surface area contributed by atoms with Gasteiger partial charge in [0, 0.05) is 13.1 Å². The first kappa shape index (κ1) is 17.3. The van der Waals surface area contributed by atoms with E-state index in [1.165, 1.54) is 0 Å². The van der Waals surface area contributed by atoms with E-state index >= 15 is 0 Å². The molecular weight excluding hydrogens is 208 g/mol. The Hall–Kier alpha value is -0.0500. The Morgan fingerprint density at radius 1 is 0.667 bits per heavy atom. The zero-order chi connectivity index (χ0) is 10.8. The van der Waals surface area contributed by atoms with Gasteiger partial charge in [0.1, 0.15) is 0 Å². The first-order valence-electron chi connectivity index (χ1n) is 5.88. The second kappa shape index (κ2) is 12.0. The first-order valence-corrected chi connectivity index (χ1v) is 5.88. The molecule has 0 aliphatic rings. The largest absolute Gasteiger partial charge is 0.300 e. The van der Waals surface area contributed by atoms with Crippen LogP contribution >= 0.6 is 12.4 Å². The second-order valence-electron chi connectivity index (χ2n) is 3.44. The van der Waals surface area contributed by atoms with Crippen molar-refractivity contribution in [3.8, 4) is 0 Å². The molecule has 0 aromatic heterocycles. The summed E-state index contributed by atoms with van der Waals surface area (Å²) < 4.78 is 0. The van der Waals surface area contributed by atoms with Gasteiger partial charge in [0.05, 0.1) is 0 Å². The predicted molar refractivity (Wildman–Crippen MR) is 72.0 cm³/mol. The monoisotopic (exact) mass is 234 g/mol. The predicted octanol–water partition coefficient (Wildman–Crippen LogP) is 2.65. The van der Waals surface area contributed by atoms with E-state index in [-0.39, 0.29) is 12.4 Å². The minimum absolute atomic E-state index is 0. The van der Waals surface area contributed by atoms with Crippen molar-refractivity contribution in [1.29, 1.82) is 0 Å². The lowest BCUT2D eigenvalue weighted by Crippen LogP contribution is -2.24. The van der Waals surface area contributed by atoms with Crippen LogP contribution in [0.3, 0.4) is 0 Å². The SMILES string of the molecule is CCN(CC)C/C=C\CN(CC)CC.Cl. The van der Waals surface area contributed by atoms with Crippen LogP contribution in [0.15, 0.2) is 12.2 Å². The number of nitrogens with zero attached hydrogens (tertiary/aromatic N) is 2. The van der Waals surface area contributed by atoms with E-state index in [9.17, 15) is 0 Å². The normalized spacial score (nSPS) is 11.3. The number of halogens is 1. The third-order valence-electron chi connectivity index (χ3n) is 2.68. The number of hydrogen-bond acceptors (Lipinski definition) is 2. The minimum atomic E-state index is 0. The maximum atomic E-state index is 2.42. The molecule has 92 valence electrons. The van der Waals surface area contributed by atoms with Crippen molar-refractivity contribution >= 4 is 12.4 Å². The molecule has 0 heterocycles. The Kier molecular flexibility index (Phi) is 13.9. The number of likely N-dealkylation sites (N-methyl/N-ethyl adjacent to an activating group) is 2. The van der Waals surface area contributed by atoms with E-state index in [0.717, 1.165) is 39.3 Å². The fourth-order valence-electron chi connectivity index (χ4n) is 1.41. The molecule has 0 N–H and O–H groups in total. The Morgan fingerprint density at radius 3 is 1.13 bits per heavy atom. The molecule has 0 rings (SSSR count). The van der Waals surface area contributed by atoms with Gasteiger partial charge in [-0.05, 0) is 26.2 Å². The summed E-state index contributed by atoms with van der Waals surface area (Å²) in [5.41, 5.74) is 0. The molecule has 2 nitrogen and oxygen atoms in total. The van der Waals surface area contributed by atoms with Gasteiger partial charge in [-0.15, -0.1) is 12.4 Å². The van der Waals surface area contributed by atoms with Crippen LogP contribution in [0.2, 0.25) is 0 Å². The van der Waals surface area contributed by atoms with Crippen LogP contribution in [0.5, 0.6) is 0 Å². The van der Waals surface area contributed by atoms with Gasteiger partial charge in [-0.3, -0.25) is 0 Å². The zero-order valence-corrected chi connectivity index (χ0v) is 11.5. The van der Waals surface area contributed by atoms with E-state index in [2.05, 4.69) is 49.6 Å². The third kappa shape index (κ3) is 8.91. The van der Waals surface area contributed by atoms with Gasteiger partial charge in [-0.2, -0.15) is 0 Å². The van der Waals surface area contributed by atoms with Crippen molar-refractivity contribution in [3.05, 3.63) is 12.2 Å². The highest BCUT2D eigenvalue weighted by atomic mass is 35.5. The number of rotatable bonds is 8. The molecule has 0 amide bonds. The van der Waals surface area contributed by atoms with Crippen molar-refractivity contribution in [2.75, 3.05) is 39.3 Å². The summed E-state index contributed by atoms with van der Waals surface area (Å²) in [6.07, 6.45) is 4.57. The Bertz CT molecular complexity index is 125. The minimum Gasteiger partial charge on any atom is -0.300 e. The third-order valence-corrected chi connectivity index (χ3v) is 2.68. The fraction of sp³-hybridized carbons (Fsp3) is 0.833. The van der Waals surface area contributed by atoms with Crippen molar-refractivity contribution in [1.82, 2.24) is 9.80 Å². The molecule has 0 atom stereocenters. The molecule has 0 radical (unpaired) electrons. The summed E-state index contributed by atoms with van der Waals surface area (Å²) in [7, 11) is 0. The Balaban J connectivity index is 0. The summed E-state index contributed by atoms with van der Waals surface area (Å²) >= 11 is 0. The van der Waals surface area contributed by atoms with E-state index in [1.807, 2.05) is 0 Å². The second-order valence-corrected chi connectivity index (χ2v) is 3.44. The summed E-state index contributed by atoms with van der Waals surface area (Å²) in [5.74, 6) is 0. The average Bonchev–Trinajstić information content (AvgIpc) is 2.24. The molecule has 0 unspecified atom stereocenters. The Morgan fingerprint density at radius 2 is 0.933 bits per heavy atom. The van der Waals surface area contributed by atoms with Gasteiger partial charge in [0.2, 0.25) is 0 Å². The lowest BCUT2D eigenvalue weighted by Gasteiger charge is -2.17. The van der Waals surface area contributed by atoms with E-state index < -0.39 is 0 Å². The Labute approximate surface area is 102 Å². The van der Waals surface area contributed by atoms with Gasteiger partial charge >= 0.3 is 0 Å². The molecule has 0 spiro atoms. The van der Waals surface area contributed by atoms with Gasteiger partial charge in [0.15, 0.2) is 0 Å². The highest BCUT2D eigenvalue weighted by Crippen LogP contribution is 1.90. The standard InChI is InChI=1S/C12H26N2.ClH/c1-5-13(6-2)11-9-10-12-14(7-3)8-4;/h9-10H,5-8,11-12H2,1-4H3;1H/b10-9-;. The van der Waals surface area contributed by atoms with Crippen LogP contribution in [0.4, 0.5) is 0 Å². The summed E-state index contributed by atoms with van der Waals surface area (Å²) in [5, 5.41) is 0. The maximum Gasteiger partial charge on any atom is 0.0163 e. The van der Waals surface area contributed by atoms with Crippen molar-refractivity contribution in [2.45, 2.75) is 27.7 Å². The first-order chi connectivity index (χ1) is 6.78. The van der Waals surface area contributed by atoms with Crippen LogP contribution in [0, 0.1) is 0 Å². The lowest BCUT2D eigenvalue weighted by atomic mass is 10.4. The molecule has 0 saturated heterocycles. The van der Waals surface area contributed by atoms with Gasteiger partial charge < -0.3 is 9.80 Å². The smallest absolute Gasteiger partial charge is 0.0163 e. The van der Waals surface area contributed by atoms with E-state index in [4.69, 9.17) is 0 Å². The fourth-order valence-corrected chi connectivity index (χ4v) is 1.41. The average molecular weight is 235 g/mol. The van der Waals surface area contributed by atoms with Crippen LogP contribution in [-0.2, 0) is 0 Å². The molecule has 0 bridgehead atoms. The van der Waals surface area contributed by atoms with Gasteiger partial charge in [-0.25, -0.2) is 0 Å². The molecular formula is C12H27ClN2. The molecule has 3 heteroatoms. The lowest BCUT2D eigenvalue weighted by molar-refractivity contribution is 0.328. The van der Waals surface area contributed by atoms with E-state index in [1.54, 1.807) is 0 Å². The molecule has 0 fully saturated rings. The molecule has 0 saturated carbocycles. The van der Waals surface area contributed by atoms with E-state index in [0.29, 0.717) is 0 Å². The van der Waals surface area contributed by atoms with Crippen molar-refractivity contribution in [3.63, 3.8) is 0 Å².